The van der Waals surface area contributed by atoms with Crippen molar-refractivity contribution in [3.63, 3.8) is 0 Å². The molecule has 0 aromatic heterocycles. The lowest BCUT2D eigenvalue weighted by molar-refractivity contribution is 1.63. The van der Waals surface area contributed by atoms with E-state index in [1.165, 1.54) is 27.8 Å². The molecule has 0 fully saturated rings. The third kappa shape index (κ3) is 2.11. The van der Waals surface area contributed by atoms with Crippen molar-refractivity contribution in [2.75, 3.05) is 5.73 Å². The van der Waals surface area contributed by atoms with E-state index in [2.05, 4.69) is 42.5 Å². The summed E-state index contributed by atoms with van der Waals surface area (Å²) < 4.78 is 0. The minimum absolute atomic E-state index is 0.749. The van der Waals surface area contributed by atoms with E-state index in [4.69, 9.17) is 17.3 Å². The van der Waals surface area contributed by atoms with Crippen molar-refractivity contribution >= 4 is 28.9 Å². The van der Waals surface area contributed by atoms with Crippen LogP contribution < -0.4 is 5.73 Å². The monoisotopic (exact) mass is 303 g/mol. The van der Waals surface area contributed by atoms with Gasteiger partial charge in [-0.05, 0) is 63.7 Å². The minimum Gasteiger partial charge on any atom is -0.399 e. The molecule has 0 unspecified atom stereocenters. The Morgan fingerprint density at radius 1 is 0.727 bits per heavy atom. The van der Waals surface area contributed by atoms with Gasteiger partial charge in [-0.1, -0.05) is 54.1 Å². The van der Waals surface area contributed by atoms with Crippen LogP contribution in [-0.2, 0) is 0 Å². The lowest BCUT2D eigenvalue weighted by atomic mass is 10.0. The SMILES string of the molecule is Nc1ccc2c(c1)/C(=C\c1ccc(Cl)cc1)c1ccccc1-2. The standard InChI is InChI=1S/C20H14ClN/c21-14-7-5-13(6-8-14)11-19-17-4-2-1-3-16(17)18-10-9-15(22)12-20(18)19/h1-12H,22H2/b19-11-. The normalized spacial score (nSPS) is 14.0. The third-order valence-corrected chi connectivity index (χ3v) is 4.27. The second-order valence-corrected chi connectivity index (χ2v) is 5.90. The van der Waals surface area contributed by atoms with Gasteiger partial charge in [-0.2, -0.15) is 0 Å². The molecule has 2 N–H and O–H groups in total. The van der Waals surface area contributed by atoms with Crippen LogP contribution in [0.4, 0.5) is 5.69 Å². The fourth-order valence-electron chi connectivity index (χ4n) is 3.00. The summed E-state index contributed by atoms with van der Waals surface area (Å²) in [5, 5.41) is 0.749. The molecule has 22 heavy (non-hydrogen) atoms. The highest BCUT2D eigenvalue weighted by atomic mass is 35.5. The zero-order valence-electron chi connectivity index (χ0n) is 11.9. The van der Waals surface area contributed by atoms with Crippen molar-refractivity contribution in [2.24, 2.45) is 0 Å². The van der Waals surface area contributed by atoms with E-state index < -0.39 is 0 Å². The first-order valence-electron chi connectivity index (χ1n) is 7.19. The fraction of sp³-hybridized carbons (Fsp3) is 0. The van der Waals surface area contributed by atoms with Crippen LogP contribution in [0.5, 0.6) is 0 Å². The first kappa shape index (κ1) is 13.2. The number of anilines is 1. The lowest BCUT2D eigenvalue weighted by Gasteiger charge is -2.04. The van der Waals surface area contributed by atoms with Crippen molar-refractivity contribution in [2.45, 2.75) is 0 Å². The van der Waals surface area contributed by atoms with Gasteiger partial charge in [0.2, 0.25) is 0 Å². The van der Waals surface area contributed by atoms with Gasteiger partial charge in [-0.15, -0.1) is 0 Å². The molecule has 0 spiro atoms. The van der Waals surface area contributed by atoms with Gasteiger partial charge in [0, 0.05) is 10.7 Å². The van der Waals surface area contributed by atoms with E-state index >= 15 is 0 Å². The molecule has 0 heterocycles. The molecule has 0 bridgehead atoms. The molecule has 0 aliphatic heterocycles. The molecular formula is C20H14ClN. The van der Waals surface area contributed by atoms with Crippen molar-refractivity contribution in [1.82, 2.24) is 0 Å². The van der Waals surface area contributed by atoms with E-state index in [1.54, 1.807) is 0 Å². The van der Waals surface area contributed by atoms with Gasteiger partial charge in [0.1, 0.15) is 0 Å². The molecule has 3 aromatic carbocycles. The number of rotatable bonds is 1. The Morgan fingerprint density at radius 2 is 1.41 bits per heavy atom. The van der Waals surface area contributed by atoms with Crippen LogP contribution in [0.2, 0.25) is 5.02 Å². The topological polar surface area (TPSA) is 26.0 Å². The minimum atomic E-state index is 0.749. The Labute approximate surface area is 134 Å². The van der Waals surface area contributed by atoms with Crippen LogP contribution in [0.25, 0.3) is 22.8 Å². The van der Waals surface area contributed by atoms with Crippen LogP contribution in [-0.4, -0.2) is 0 Å². The van der Waals surface area contributed by atoms with Crippen molar-refractivity contribution in [1.29, 1.82) is 0 Å². The van der Waals surface area contributed by atoms with Crippen LogP contribution in [0.15, 0.2) is 66.7 Å². The summed E-state index contributed by atoms with van der Waals surface area (Å²) in [6, 6.07) is 22.5. The average Bonchev–Trinajstić information content (AvgIpc) is 2.83. The van der Waals surface area contributed by atoms with Gasteiger partial charge in [0.05, 0.1) is 0 Å². The predicted molar refractivity (Wildman–Crippen MR) is 94.7 cm³/mol. The highest BCUT2D eigenvalue weighted by Gasteiger charge is 2.22. The van der Waals surface area contributed by atoms with Gasteiger partial charge in [-0.25, -0.2) is 0 Å². The fourth-order valence-corrected chi connectivity index (χ4v) is 3.12. The number of nitrogen functional groups attached to an aromatic ring is 1. The van der Waals surface area contributed by atoms with Gasteiger partial charge >= 0.3 is 0 Å². The summed E-state index contributed by atoms with van der Waals surface area (Å²) in [6.45, 7) is 0. The number of fused-ring (bicyclic) bond motifs is 3. The van der Waals surface area contributed by atoms with Crippen LogP contribution in [0, 0.1) is 0 Å². The Bertz CT molecular complexity index is 892. The first-order chi connectivity index (χ1) is 10.7. The quantitative estimate of drug-likeness (QED) is 0.462. The summed E-state index contributed by atoms with van der Waals surface area (Å²) >= 11 is 5.97. The van der Waals surface area contributed by atoms with Gasteiger partial charge in [0.15, 0.2) is 0 Å². The molecule has 0 radical (unpaired) electrons. The number of benzene rings is 3. The largest absolute Gasteiger partial charge is 0.399 e. The van der Waals surface area contributed by atoms with Crippen molar-refractivity contribution in [3.05, 3.63) is 88.4 Å². The number of nitrogens with two attached hydrogens (primary N) is 1. The summed E-state index contributed by atoms with van der Waals surface area (Å²) in [6.07, 6.45) is 2.19. The van der Waals surface area contributed by atoms with Crippen LogP contribution in [0.3, 0.4) is 0 Å². The molecule has 0 saturated heterocycles. The molecule has 0 amide bonds. The van der Waals surface area contributed by atoms with Gasteiger partial charge in [0.25, 0.3) is 0 Å². The maximum absolute atomic E-state index is 6.00. The maximum Gasteiger partial charge on any atom is 0.0406 e. The van der Waals surface area contributed by atoms with Gasteiger partial charge in [-0.3, -0.25) is 0 Å². The molecule has 2 heteroatoms. The molecule has 1 nitrogen and oxygen atoms in total. The zero-order valence-corrected chi connectivity index (χ0v) is 12.6. The highest BCUT2D eigenvalue weighted by Crippen LogP contribution is 2.45. The number of hydrogen-bond acceptors (Lipinski definition) is 1. The first-order valence-corrected chi connectivity index (χ1v) is 7.57. The van der Waals surface area contributed by atoms with E-state index in [-0.39, 0.29) is 0 Å². The molecule has 0 saturated carbocycles. The molecule has 1 aliphatic rings. The lowest BCUT2D eigenvalue weighted by Crippen LogP contribution is -1.87. The summed E-state index contributed by atoms with van der Waals surface area (Å²) in [5.74, 6) is 0. The molecule has 3 aromatic rings. The molecule has 1 aliphatic carbocycles. The van der Waals surface area contributed by atoms with Crippen molar-refractivity contribution in [3.8, 4) is 11.1 Å². The summed E-state index contributed by atoms with van der Waals surface area (Å²) in [4.78, 5) is 0. The van der Waals surface area contributed by atoms with E-state index in [9.17, 15) is 0 Å². The molecule has 4 rings (SSSR count). The number of halogens is 1. The van der Waals surface area contributed by atoms with E-state index in [0.717, 1.165) is 16.3 Å². The zero-order chi connectivity index (χ0) is 15.1. The van der Waals surface area contributed by atoms with Crippen molar-refractivity contribution < 1.29 is 0 Å². The summed E-state index contributed by atoms with van der Waals surface area (Å²) in [5.41, 5.74) is 14.1. The van der Waals surface area contributed by atoms with E-state index in [0.29, 0.717) is 0 Å². The van der Waals surface area contributed by atoms with Crippen LogP contribution in [0.1, 0.15) is 16.7 Å². The predicted octanol–water partition coefficient (Wildman–Crippen LogP) is 5.49. The molecule has 106 valence electrons. The smallest absolute Gasteiger partial charge is 0.0406 e. The second-order valence-electron chi connectivity index (χ2n) is 5.46. The Kier molecular flexibility index (Phi) is 3.02. The number of hydrogen-bond donors (Lipinski definition) is 1. The second kappa shape index (κ2) is 5.04. The highest BCUT2D eigenvalue weighted by molar-refractivity contribution is 6.30. The Balaban J connectivity index is 1.96. The summed E-state index contributed by atoms with van der Waals surface area (Å²) in [7, 11) is 0. The van der Waals surface area contributed by atoms with E-state index in [1.807, 2.05) is 30.3 Å². The maximum atomic E-state index is 6.00. The van der Waals surface area contributed by atoms with Crippen LogP contribution >= 0.6 is 11.6 Å². The molecule has 0 atom stereocenters. The molecular weight excluding hydrogens is 290 g/mol. The third-order valence-electron chi connectivity index (χ3n) is 4.02. The average molecular weight is 304 g/mol. The Morgan fingerprint density at radius 3 is 2.18 bits per heavy atom. The Hall–Kier alpha value is -2.51. The van der Waals surface area contributed by atoms with Gasteiger partial charge < -0.3 is 5.73 Å².